The highest BCUT2D eigenvalue weighted by atomic mass is 35.5. The fourth-order valence-electron chi connectivity index (χ4n) is 2.70. The largest absolute Gasteiger partial charge is 0.0940 e. The smallest absolute Gasteiger partial charge is 0.0843 e. The van der Waals surface area contributed by atoms with E-state index in [4.69, 9.17) is 42.6 Å². The minimum atomic E-state index is -0.902. The molecule has 3 aromatic rings. The lowest BCUT2D eigenvalue weighted by atomic mass is 9.56. The van der Waals surface area contributed by atoms with Crippen LogP contribution in [0.4, 0.5) is 0 Å². The van der Waals surface area contributed by atoms with E-state index in [1.54, 1.807) is 0 Å². The number of rotatable bonds is 3. The van der Waals surface area contributed by atoms with E-state index >= 15 is 0 Å². The Morgan fingerprint density at radius 1 is 0.565 bits per heavy atom. The Balaban J connectivity index is 2.29. The molecule has 0 heterocycles. The van der Waals surface area contributed by atoms with Gasteiger partial charge in [0.1, 0.15) is 0 Å². The van der Waals surface area contributed by atoms with Gasteiger partial charge in [0, 0.05) is 20.4 Å². The highest BCUT2D eigenvalue weighted by Gasteiger charge is 2.31. The summed E-state index contributed by atoms with van der Waals surface area (Å²) in [7, 11) is 6.89. The fraction of sp³-hybridized carbons (Fsp3) is 0.0526. The zero-order valence-corrected chi connectivity index (χ0v) is 14.4. The van der Waals surface area contributed by atoms with Gasteiger partial charge >= 0.3 is 0 Å². The summed E-state index contributed by atoms with van der Waals surface area (Å²) in [5.74, 6) is 0. The minimum absolute atomic E-state index is 0.626. The molecule has 2 radical (unpaired) electrons. The maximum absolute atomic E-state index is 6.89. The van der Waals surface area contributed by atoms with Crippen LogP contribution in [0.2, 0.25) is 15.1 Å². The predicted octanol–water partition coefficient (Wildman–Crippen LogP) is 6.11. The standard InChI is InChI=1S/C19H12BCl3/c20-19(13-4-1-7-16(21)10-13,14-5-2-8-17(22)11-14)15-6-3-9-18(23)12-15/h1-12H. The van der Waals surface area contributed by atoms with Crippen molar-refractivity contribution in [3.8, 4) is 0 Å². The minimum Gasteiger partial charge on any atom is -0.0843 e. The van der Waals surface area contributed by atoms with Gasteiger partial charge in [-0.05, 0) is 53.1 Å². The Morgan fingerprint density at radius 2 is 0.870 bits per heavy atom. The average molecular weight is 357 g/mol. The molecule has 0 aliphatic heterocycles. The zero-order chi connectivity index (χ0) is 16.4. The van der Waals surface area contributed by atoms with Crippen LogP contribution in [-0.4, -0.2) is 7.85 Å². The third-order valence-electron chi connectivity index (χ3n) is 3.84. The second-order valence-corrected chi connectivity index (χ2v) is 6.65. The number of benzene rings is 3. The molecule has 23 heavy (non-hydrogen) atoms. The highest BCUT2D eigenvalue weighted by molar-refractivity contribution is 6.32. The highest BCUT2D eigenvalue weighted by Crippen LogP contribution is 2.38. The molecule has 0 fully saturated rings. The lowest BCUT2D eigenvalue weighted by Crippen LogP contribution is -2.29. The molecule has 0 amide bonds. The molecule has 0 aliphatic rings. The summed E-state index contributed by atoms with van der Waals surface area (Å²) in [6.07, 6.45) is 0. The molecule has 0 bridgehead atoms. The van der Waals surface area contributed by atoms with Crippen molar-refractivity contribution in [2.24, 2.45) is 0 Å². The van der Waals surface area contributed by atoms with Gasteiger partial charge in [0.2, 0.25) is 0 Å². The molecule has 0 aromatic heterocycles. The Bertz CT molecular complexity index is 734. The lowest BCUT2D eigenvalue weighted by Gasteiger charge is -2.33. The Morgan fingerprint density at radius 3 is 1.13 bits per heavy atom. The monoisotopic (exact) mass is 356 g/mol. The SMILES string of the molecule is [B]C(c1cccc(Cl)c1)(c1cccc(Cl)c1)c1cccc(Cl)c1. The van der Waals surface area contributed by atoms with Gasteiger partial charge in [0.05, 0.1) is 7.85 Å². The molecule has 0 unspecified atom stereocenters. The van der Waals surface area contributed by atoms with Crippen molar-refractivity contribution < 1.29 is 0 Å². The van der Waals surface area contributed by atoms with E-state index in [0.717, 1.165) is 16.7 Å². The number of hydrogen-bond donors (Lipinski definition) is 0. The summed E-state index contributed by atoms with van der Waals surface area (Å²) in [5, 5.41) is 0.977. The molecule has 112 valence electrons. The van der Waals surface area contributed by atoms with Gasteiger partial charge in [-0.25, -0.2) is 0 Å². The number of halogens is 3. The first kappa shape index (κ1) is 16.5. The fourth-order valence-corrected chi connectivity index (χ4v) is 3.27. The van der Waals surface area contributed by atoms with Gasteiger partial charge in [0.15, 0.2) is 0 Å². The van der Waals surface area contributed by atoms with Gasteiger partial charge in [-0.2, -0.15) is 0 Å². The van der Waals surface area contributed by atoms with Crippen LogP contribution < -0.4 is 0 Å². The second kappa shape index (κ2) is 6.61. The molecule has 0 aliphatic carbocycles. The molecule has 0 spiro atoms. The van der Waals surface area contributed by atoms with Crippen molar-refractivity contribution >= 4 is 42.6 Å². The number of hydrogen-bond acceptors (Lipinski definition) is 0. The first-order valence-corrected chi connectivity index (χ1v) is 8.20. The van der Waals surface area contributed by atoms with Crippen molar-refractivity contribution in [2.45, 2.75) is 5.31 Å². The quantitative estimate of drug-likeness (QED) is 0.392. The molecule has 0 saturated carbocycles. The summed E-state index contributed by atoms with van der Waals surface area (Å²) in [5.41, 5.74) is 2.61. The van der Waals surface area contributed by atoms with Gasteiger partial charge < -0.3 is 0 Å². The molecular formula is C19H12BCl3. The Kier molecular flexibility index (Phi) is 4.73. The van der Waals surface area contributed by atoms with E-state index in [-0.39, 0.29) is 0 Å². The molecule has 0 nitrogen and oxygen atoms in total. The van der Waals surface area contributed by atoms with Crippen LogP contribution in [0.15, 0.2) is 72.8 Å². The van der Waals surface area contributed by atoms with E-state index in [1.807, 2.05) is 72.8 Å². The molecule has 0 saturated heterocycles. The van der Waals surface area contributed by atoms with Gasteiger partial charge in [-0.3, -0.25) is 0 Å². The molecule has 4 heteroatoms. The van der Waals surface area contributed by atoms with E-state index in [2.05, 4.69) is 0 Å². The lowest BCUT2D eigenvalue weighted by molar-refractivity contribution is 0.878. The molecular weight excluding hydrogens is 345 g/mol. The topological polar surface area (TPSA) is 0 Å². The summed E-state index contributed by atoms with van der Waals surface area (Å²) < 4.78 is 0. The van der Waals surface area contributed by atoms with Crippen LogP contribution in [0.3, 0.4) is 0 Å². The van der Waals surface area contributed by atoms with Crippen molar-refractivity contribution in [1.82, 2.24) is 0 Å². The Labute approximate surface area is 152 Å². The average Bonchev–Trinajstić information content (AvgIpc) is 2.54. The summed E-state index contributed by atoms with van der Waals surface area (Å²) >= 11 is 18.5. The molecule has 0 N–H and O–H groups in total. The van der Waals surface area contributed by atoms with Crippen LogP contribution in [0.1, 0.15) is 16.7 Å². The van der Waals surface area contributed by atoms with Gasteiger partial charge in [-0.15, -0.1) is 0 Å². The van der Waals surface area contributed by atoms with Crippen LogP contribution in [0.5, 0.6) is 0 Å². The van der Waals surface area contributed by atoms with Crippen LogP contribution in [0.25, 0.3) is 0 Å². The third-order valence-corrected chi connectivity index (χ3v) is 4.55. The first-order chi connectivity index (χ1) is 11.0. The van der Waals surface area contributed by atoms with E-state index < -0.39 is 5.31 Å². The van der Waals surface area contributed by atoms with Crippen LogP contribution >= 0.6 is 34.8 Å². The molecule has 3 rings (SSSR count). The van der Waals surface area contributed by atoms with Gasteiger partial charge in [-0.1, -0.05) is 71.2 Å². The van der Waals surface area contributed by atoms with Crippen molar-refractivity contribution in [1.29, 1.82) is 0 Å². The zero-order valence-electron chi connectivity index (χ0n) is 12.1. The van der Waals surface area contributed by atoms with E-state index in [9.17, 15) is 0 Å². The third kappa shape index (κ3) is 3.28. The predicted molar refractivity (Wildman–Crippen MR) is 100.0 cm³/mol. The van der Waals surface area contributed by atoms with E-state index in [0.29, 0.717) is 15.1 Å². The normalized spacial score (nSPS) is 11.4. The summed E-state index contributed by atoms with van der Waals surface area (Å²) in [6, 6.07) is 22.6. The van der Waals surface area contributed by atoms with Gasteiger partial charge in [0.25, 0.3) is 0 Å². The maximum atomic E-state index is 6.89. The molecule has 0 atom stereocenters. The Hall–Kier alpha value is -1.41. The van der Waals surface area contributed by atoms with Crippen molar-refractivity contribution in [2.75, 3.05) is 0 Å². The van der Waals surface area contributed by atoms with Crippen LogP contribution in [0, 0.1) is 0 Å². The van der Waals surface area contributed by atoms with E-state index in [1.165, 1.54) is 0 Å². The first-order valence-electron chi connectivity index (χ1n) is 7.07. The summed E-state index contributed by atoms with van der Waals surface area (Å²) in [6.45, 7) is 0. The second-order valence-electron chi connectivity index (χ2n) is 5.34. The summed E-state index contributed by atoms with van der Waals surface area (Å²) in [4.78, 5) is 0. The van der Waals surface area contributed by atoms with Crippen LogP contribution in [-0.2, 0) is 5.31 Å². The molecule has 3 aromatic carbocycles. The van der Waals surface area contributed by atoms with Crippen molar-refractivity contribution in [3.05, 3.63) is 105 Å². The van der Waals surface area contributed by atoms with Crippen molar-refractivity contribution in [3.63, 3.8) is 0 Å². The maximum Gasteiger partial charge on any atom is 0.0940 e.